The van der Waals surface area contributed by atoms with Crippen molar-refractivity contribution in [3.63, 3.8) is 0 Å². The van der Waals surface area contributed by atoms with Gasteiger partial charge in [0.05, 0.1) is 12.3 Å². The average Bonchev–Trinajstić information content (AvgIpc) is 2.42. The molecule has 0 aromatic rings. The quantitative estimate of drug-likeness (QED) is 0.423. The van der Waals surface area contributed by atoms with Gasteiger partial charge in [-0.25, -0.2) is 0 Å². The molecule has 0 heterocycles. The van der Waals surface area contributed by atoms with Crippen LogP contribution in [-0.2, 0) is 9.59 Å². The zero-order valence-corrected chi connectivity index (χ0v) is 13.5. The van der Waals surface area contributed by atoms with Crippen LogP contribution in [0.1, 0.15) is 90.4 Å². The van der Waals surface area contributed by atoms with Gasteiger partial charge >= 0.3 is 11.9 Å². The number of carbonyl (C=O) groups is 2. The van der Waals surface area contributed by atoms with E-state index in [2.05, 4.69) is 6.92 Å². The smallest absolute Gasteiger partial charge is 0.307 e. The van der Waals surface area contributed by atoms with Crippen LogP contribution in [0.25, 0.3) is 0 Å². The molecule has 4 heteroatoms. The van der Waals surface area contributed by atoms with E-state index in [4.69, 9.17) is 10.2 Å². The summed E-state index contributed by atoms with van der Waals surface area (Å²) in [6.07, 6.45) is 13.7. The average molecular weight is 300 g/mol. The van der Waals surface area contributed by atoms with Crippen LogP contribution in [0.4, 0.5) is 0 Å². The molecule has 0 bridgehead atoms. The van der Waals surface area contributed by atoms with Crippen molar-refractivity contribution in [1.82, 2.24) is 0 Å². The third-order valence-corrected chi connectivity index (χ3v) is 3.93. The predicted molar refractivity (Wildman–Crippen MR) is 84.5 cm³/mol. The lowest BCUT2D eigenvalue weighted by Gasteiger charge is -2.09. The van der Waals surface area contributed by atoms with E-state index in [1.165, 1.54) is 51.4 Å². The maximum Gasteiger partial charge on any atom is 0.307 e. The molecular weight excluding hydrogens is 268 g/mol. The molecule has 0 aromatic carbocycles. The third kappa shape index (κ3) is 13.7. The van der Waals surface area contributed by atoms with E-state index in [1.807, 2.05) is 0 Å². The van der Waals surface area contributed by atoms with Crippen molar-refractivity contribution in [2.24, 2.45) is 5.92 Å². The Bertz CT molecular complexity index is 276. The summed E-state index contributed by atoms with van der Waals surface area (Å²) in [5, 5.41) is 17.6. The Kier molecular flexibility index (Phi) is 13.2. The minimum atomic E-state index is -1.02. The van der Waals surface area contributed by atoms with Crippen molar-refractivity contribution < 1.29 is 19.8 Å². The van der Waals surface area contributed by atoms with Crippen molar-refractivity contribution in [3.8, 4) is 0 Å². The first-order valence-electron chi connectivity index (χ1n) is 8.52. The van der Waals surface area contributed by atoms with Crippen LogP contribution in [0, 0.1) is 5.92 Å². The van der Waals surface area contributed by atoms with Gasteiger partial charge in [0.1, 0.15) is 0 Å². The van der Waals surface area contributed by atoms with E-state index < -0.39 is 17.9 Å². The topological polar surface area (TPSA) is 74.6 Å². The summed E-state index contributed by atoms with van der Waals surface area (Å²) in [5.74, 6) is -2.73. The molecular formula is C17H32O4. The first-order chi connectivity index (χ1) is 10.1. The number of unbranched alkanes of at least 4 members (excludes halogenated alkanes) is 10. The van der Waals surface area contributed by atoms with Crippen LogP contribution >= 0.6 is 0 Å². The summed E-state index contributed by atoms with van der Waals surface area (Å²) < 4.78 is 0. The molecule has 0 fully saturated rings. The molecule has 0 aliphatic carbocycles. The molecule has 2 N–H and O–H groups in total. The lowest BCUT2D eigenvalue weighted by molar-refractivity contribution is -0.148. The Labute approximate surface area is 128 Å². The van der Waals surface area contributed by atoms with Crippen molar-refractivity contribution >= 4 is 11.9 Å². The molecule has 124 valence electrons. The molecule has 4 nitrogen and oxygen atoms in total. The Hall–Kier alpha value is -1.06. The highest BCUT2D eigenvalue weighted by Gasteiger charge is 2.19. The van der Waals surface area contributed by atoms with E-state index in [-0.39, 0.29) is 6.42 Å². The Balaban J connectivity index is 3.38. The third-order valence-electron chi connectivity index (χ3n) is 3.93. The SMILES string of the molecule is CCCCCCCCCCCCCC(CC(=O)O)C(=O)O. The molecule has 0 aliphatic rings. The van der Waals surface area contributed by atoms with Crippen molar-refractivity contribution in [2.45, 2.75) is 90.4 Å². The summed E-state index contributed by atoms with van der Waals surface area (Å²) in [6, 6.07) is 0. The number of hydrogen-bond donors (Lipinski definition) is 2. The normalized spacial score (nSPS) is 12.2. The highest BCUT2D eigenvalue weighted by Crippen LogP contribution is 2.16. The summed E-state index contributed by atoms with van der Waals surface area (Å²) in [6.45, 7) is 2.23. The zero-order chi connectivity index (χ0) is 15.9. The molecule has 0 rings (SSSR count). The van der Waals surface area contributed by atoms with Gasteiger partial charge in [-0.2, -0.15) is 0 Å². The van der Waals surface area contributed by atoms with Crippen LogP contribution < -0.4 is 0 Å². The summed E-state index contributed by atoms with van der Waals surface area (Å²) >= 11 is 0. The molecule has 0 saturated heterocycles. The second kappa shape index (κ2) is 13.9. The highest BCUT2D eigenvalue weighted by molar-refractivity contribution is 5.77. The summed E-state index contributed by atoms with van der Waals surface area (Å²) in [5.41, 5.74) is 0. The fourth-order valence-corrected chi connectivity index (χ4v) is 2.58. The number of carboxylic acid groups (broad SMARTS) is 2. The molecule has 0 aliphatic heterocycles. The van der Waals surface area contributed by atoms with E-state index in [1.54, 1.807) is 0 Å². The second-order valence-electron chi connectivity index (χ2n) is 5.96. The van der Waals surface area contributed by atoms with Crippen molar-refractivity contribution in [3.05, 3.63) is 0 Å². The molecule has 0 saturated carbocycles. The molecule has 1 atom stereocenters. The molecule has 21 heavy (non-hydrogen) atoms. The van der Waals surface area contributed by atoms with Gasteiger partial charge in [-0.1, -0.05) is 77.6 Å². The van der Waals surface area contributed by atoms with E-state index in [0.717, 1.165) is 19.3 Å². The standard InChI is InChI=1S/C17H32O4/c1-2-3-4-5-6-7-8-9-10-11-12-13-15(17(20)21)14-16(18)19/h15H,2-14H2,1H3,(H,18,19)(H,20,21). The van der Waals surface area contributed by atoms with Gasteiger partial charge in [0.25, 0.3) is 0 Å². The molecule has 0 radical (unpaired) electrons. The van der Waals surface area contributed by atoms with Crippen LogP contribution in [0.15, 0.2) is 0 Å². The van der Waals surface area contributed by atoms with Crippen LogP contribution in [0.3, 0.4) is 0 Å². The number of aliphatic carboxylic acids is 2. The fourth-order valence-electron chi connectivity index (χ4n) is 2.58. The zero-order valence-electron chi connectivity index (χ0n) is 13.5. The lowest BCUT2D eigenvalue weighted by Crippen LogP contribution is -2.17. The summed E-state index contributed by atoms with van der Waals surface area (Å²) in [4.78, 5) is 21.4. The van der Waals surface area contributed by atoms with E-state index in [9.17, 15) is 9.59 Å². The maximum absolute atomic E-state index is 10.9. The van der Waals surface area contributed by atoms with Crippen molar-refractivity contribution in [1.29, 1.82) is 0 Å². The molecule has 0 aromatic heterocycles. The minimum absolute atomic E-state index is 0.257. The van der Waals surface area contributed by atoms with Crippen LogP contribution in [-0.4, -0.2) is 22.2 Å². The first-order valence-corrected chi connectivity index (χ1v) is 8.52. The van der Waals surface area contributed by atoms with Gasteiger partial charge in [-0.3, -0.25) is 9.59 Å². The molecule has 1 unspecified atom stereocenters. The minimum Gasteiger partial charge on any atom is -0.481 e. The van der Waals surface area contributed by atoms with Crippen molar-refractivity contribution in [2.75, 3.05) is 0 Å². The highest BCUT2D eigenvalue weighted by atomic mass is 16.4. The Morgan fingerprint density at radius 2 is 1.19 bits per heavy atom. The van der Waals surface area contributed by atoms with Gasteiger partial charge in [-0.15, -0.1) is 0 Å². The Morgan fingerprint density at radius 1 is 0.762 bits per heavy atom. The predicted octanol–water partition coefficient (Wildman–Crippen LogP) is 4.86. The number of rotatable bonds is 15. The van der Waals surface area contributed by atoms with Gasteiger partial charge in [-0.05, 0) is 6.42 Å². The second-order valence-corrected chi connectivity index (χ2v) is 5.96. The maximum atomic E-state index is 10.9. The van der Waals surface area contributed by atoms with Gasteiger partial charge in [0.15, 0.2) is 0 Å². The first kappa shape index (κ1) is 19.9. The monoisotopic (exact) mass is 300 g/mol. The van der Waals surface area contributed by atoms with E-state index in [0.29, 0.717) is 6.42 Å². The molecule has 0 amide bonds. The largest absolute Gasteiger partial charge is 0.481 e. The van der Waals surface area contributed by atoms with E-state index >= 15 is 0 Å². The number of hydrogen-bond acceptors (Lipinski definition) is 2. The number of carboxylic acids is 2. The van der Waals surface area contributed by atoms with Crippen LogP contribution in [0.5, 0.6) is 0 Å². The van der Waals surface area contributed by atoms with Gasteiger partial charge < -0.3 is 10.2 Å². The van der Waals surface area contributed by atoms with Crippen LogP contribution in [0.2, 0.25) is 0 Å². The summed E-state index contributed by atoms with van der Waals surface area (Å²) in [7, 11) is 0. The molecule has 0 spiro atoms. The fraction of sp³-hybridized carbons (Fsp3) is 0.882. The lowest BCUT2D eigenvalue weighted by atomic mass is 9.97. The van der Waals surface area contributed by atoms with Gasteiger partial charge in [0, 0.05) is 0 Å². The Morgan fingerprint density at radius 3 is 1.57 bits per heavy atom. The van der Waals surface area contributed by atoms with Gasteiger partial charge in [0.2, 0.25) is 0 Å².